The first kappa shape index (κ1) is 56.0. The normalized spacial score (nSPS) is 45.9. The molecule has 1 spiro atoms. The van der Waals surface area contributed by atoms with Crippen molar-refractivity contribution in [3.63, 3.8) is 0 Å². The Kier molecular flexibility index (Phi) is 15.0. The Balaban J connectivity index is 1.15. The number of nitrogens with one attached hydrogen (secondary N) is 4. The minimum absolute atomic E-state index is 0.0337. The van der Waals surface area contributed by atoms with Gasteiger partial charge < -0.3 is 76.7 Å². The molecule has 22 atom stereocenters. The van der Waals surface area contributed by atoms with Gasteiger partial charge in [-0.05, 0) is 141 Å². The van der Waals surface area contributed by atoms with Gasteiger partial charge in [-0.25, -0.2) is 9.97 Å². The monoisotopic (exact) mass is 1060 g/mol. The minimum atomic E-state index is -1.66. The zero-order valence-electron chi connectivity index (χ0n) is 45.5. The summed E-state index contributed by atoms with van der Waals surface area (Å²) in [5, 5.41) is 98.9. The number of aliphatic hydroxyl groups excluding tert-OH is 7. The molecular formula is C57H89N7O12. The van der Waals surface area contributed by atoms with Gasteiger partial charge in [0.05, 0.1) is 48.9 Å². The summed E-state index contributed by atoms with van der Waals surface area (Å²) in [6.07, 6.45) is 7.77. The van der Waals surface area contributed by atoms with E-state index in [1.54, 1.807) is 18.9 Å². The molecule has 0 radical (unpaired) electrons. The highest BCUT2D eigenvalue weighted by atomic mass is 16.7. The number of rotatable bonds is 16. The maximum absolute atomic E-state index is 15.1. The van der Waals surface area contributed by atoms with E-state index < -0.39 is 111 Å². The third kappa shape index (κ3) is 8.35. The van der Waals surface area contributed by atoms with Gasteiger partial charge in [0.1, 0.15) is 24.5 Å². The van der Waals surface area contributed by atoms with Crippen LogP contribution in [0.25, 0.3) is 0 Å². The molecule has 1 amide bonds. The summed E-state index contributed by atoms with van der Waals surface area (Å²) in [6, 6.07) is -0.484. The molecule has 0 bridgehead atoms. The molecule has 424 valence electrons. The van der Waals surface area contributed by atoms with E-state index in [0.717, 1.165) is 29.8 Å². The van der Waals surface area contributed by atoms with Gasteiger partial charge in [0, 0.05) is 60.2 Å². The fraction of sp³-hybridized carbons (Fsp3) is 0.825. The molecule has 19 heteroatoms. The number of carbonyl (C=O) groups excluding carboxylic acids is 1. The molecule has 2 aliphatic heterocycles. The number of carboxylic acids is 1. The second kappa shape index (κ2) is 20.3. The van der Waals surface area contributed by atoms with Crippen LogP contribution < -0.4 is 16.4 Å². The fourth-order valence-corrected chi connectivity index (χ4v) is 19.2. The second-order valence-corrected chi connectivity index (χ2v) is 26.8. The number of aromatic amines is 2. The summed E-state index contributed by atoms with van der Waals surface area (Å²) in [5.74, 6) is -3.55. The van der Waals surface area contributed by atoms with E-state index in [9.17, 15) is 45.6 Å². The minimum Gasteiger partial charge on any atom is -0.481 e. The highest BCUT2D eigenvalue weighted by molar-refractivity contribution is 5.86. The summed E-state index contributed by atoms with van der Waals surface area (Å²) < 4.78 is 12.7. The number of fused-ring (bicyclic) bond motifs is 7. The van der Waals surface area contributed by atoms with Crippen molar-refractivity contribution in [2.24, 2.45) is 85.1 Å². The van der Waals surface area contributed by atoms with Gasteiger partial charge in [-0.15, -0.1) is 0 Å². The predicted molar refractivity (Wildman–Crippen MR) is 278 cm³/mol. The molecule has 2 saturated heterocycles. The van der Waals surface area contributed by atoms with Crippen LogP contribution in [0.1, 0.15) is 135 Å². The molecule has 10 rings (SSSR count). The molecule has 7 fully saturated rings. The van der Waals surface area contributed by atoms with Crippen molar-refractivity contribution in [2.45, 2.75) is 180 Å². The Morgan fingerprint density at radius 1 is 0.921 bits per heavy atom. The molecule has 2 aromatic rings. The first-order valence-electron chi connectivity index (χ1n) is 28.5. The van der Waals surface area contributed by atoms with E-state index in [1.165, 1.54) is 0 Å². The van der Waals surface area contributed by atoms with Crippen molar-refractivity contribution in [1.82, 2.24) is 30.6 Å². The Morgan fingerprint density at radius 2 is 1.64 bits per heavy atom. The first-order chi connectivity index (χ1) is 36.0. The van der Waals surface area contributed by atoms with Crippen LogP contribution in [0, 0.1) is 79.3 Å². The number of imidazole rings is 2. The van der Waals surface area contributed by atoms with Crippen LogP contribution in [-0.2, 0) is 25.5 Å². The summed E-state index contributed by atoms with van der Waals surface area (Å²) in [4.78, 5) is 44.7. The SMILES string of the molecule is CNC[C@H](C[C@@H](c1cnc[nH]1)[C@@H]1NC(=O)C2(CCCC2)[C@H]1C[C@@H]1[C@@H](O)[C@@H](O[C@@H]2OC[C@@H](O)[C@H](O)[C@H]2O)[C@@](C)(CO)[C@H]2CC[C@]3(C)[C@H](CC=C4[C@@H]5C[C@@](C)(CO)CC[C@]5(C(=O)O)C[C@@H](Cc5cnc[nH]5)[C@]43C)[C@@]12C)[C@@H](N)O. The van der Waals surface area contributed by atoms with Gasteiger partial charge in [-0.2, -0.15) is 0 Å². The molecular weight excluding hydrogens is 975 g/mol. The molecule has 2 aromatic heterocycles. The summed E-state index contributed by atoms with van der Waals surface area (Å²) in [7, 11) is 1.81. The number of nitrogens with two attached hydrogens (primary N) is 1. The molecule has 6 aliphatic carbocycles. The number of aliphatic hydroxyl groups is 7. The van der Waals surface area contributed by atoms with Gasteiger partial charge in [0.15, 0.2) is 6.29 Å². The Labute approximate surface area is 447 Å². The molecule has 0 unspecified atom stereocenters. The van der Waals surface area contributed by atoms with Crippen molar-refractivity contribution in [1.29, 1.82) is 0 Å². The van der Waals surface area contributed by atoms with Gasteiger partial charge in [-0.1, -0.05) is 59.1 Å². The fourth-order valence-electron chi connectivity index (χ4n) is 19.2. The van der Waals surface area contributed by atoms with Gasteiger partial charge >= 0.3 is 5.97 Å². The van der Waals surface area contributed by atoms with Crippen molar-refractivity contribution in [3.05, 3.63) is 48.1 Å². The number of amides is 1. The third-order valence-electron chi connectivity index (χ3n) is 23.6. The van der Waals surface area contributed by atoms with Gasteiger partial charge in [0.25, 0.3) is 0 Å². The Morgan fingerprint density at radius 3 is 2.28 bits per heavy atom. The van der Waals surface area contributed by atoms with Crippen molar-refractivity contribution in [2.75, 3.05) is 33.4 Å². The maximum Gasteiger partial charge on any atom is 0.310 e. The number of allylic oxidation sites excluding steroid dienone is 2. The average molecular weight is 1060 g/mol. The number of ether oxygens (including phenoxy) is 2. The quantitative estimate of drug-likeness (QED) is 0.0653. The van der Waals surface area contributed by atoms with E-state index in [0.29, 0.717) is 83.6 Å². The lowest BCUT2D eigenvalue weighted by atomic mass is 9.30. The zero-order chi connectivity index (χ0) is 54.5. The molecule has 8 aliphatic rings. The van der Waals surface area contributed by atoms with Crippen LogP contribution in [-0.4, -0.2) is 155 Å². The van der Waals surface area contributed by atoms with E-state index in [-0.39, 0.29) is 54.6 Å². The second-order valence-electron chi connectivity index (χ2n) is 26.8. The highest BCUT2D eigenvalue weighted by Gasteiger charge is 2.75. The summed E-state index contributed by atoms with van der Waals surface area (Å²) in [6.45, 7) is 10.8. The third-order valence-corrected chi connectivity index (χ3v) is 23.6. The van der Waals surface area contributed by atoms with Gasteiger partial charge in [0.2, 0.25) is 5.91 Å². The Hall–Kier alpha value is -3.34. The lowest BCUT2D eigenvalue weighted by molar-refractivity contribution is -0.341. The van der Waals surface area contributed by atoms with Crippen molar-refractivity contribution < 1.29 is 59.9 Å². The smallest absolute Gasteiger partial charge is 0.310 e. The molecule has 5 saturated carbocycles. The molecule has 76 heavy (non-hydrogen) atoms. The molecule has 0 aromatic carbocycles. The number of aliphatic carboxylic acids is 1. The molecule has 19 nitrogen and oxygen atoms in total. The highest BCUT2D eigenvalue weighted by Crippen LogP contribution is 2.79. The number of hydrogen-bond donors (Lipinski definition) is 13. The van der Waals surface area contributed by atoms with Crippen molar-refractivity contribution in [3.8, 4) is 0 Å². The number of aromatic nitrogens is 4. The van der Waals surface area contributed by atoms with Crippen LogP contribution in [0.2, 0.25) is 0 Å². The van der Waals surface area contributed by atoms with Crippen LogP contribution in [0.15, 0.2) is 36.7 Å². The van der Waals surface area contributed by atoms with E-state index >= 15 is 4.79 Å². The summed E-state index contributed by atoms with van der Waals surface area (Å²) in [5.41, 5.74) is 3.77. The van der Waals surface area contributed by atoms with Crippen LogP contribution >= 0.6 is 0 Å². The van der Waals surface area contributed by atoms with E-state index in [1.807, 2.05) is 20.2 Å². The molecule has 4 heterocycles. The van der Waals surface area contributed by atoms with Crippen LogP contribution in [0.5, 0.6) is 0 Å². The number of carbonyl (C=O) groups is 2. The average Bonchev–Trinajstić information content (AvgIpc) is 4.31. The van der Waals surface area contributed by atoms with Crippen LogP contribution in [0.3, 0.4) is 0 Å². The maximum atomic E-state index is 15.1. The zero-order valence-corrected chi connectivity index (χ0v) is 45.5. The number of carboxylic acid groups (broad SMARTS) is 1. The Bertz CT molecular complexity index is 2420. The van der Waals surface area contributed by atoms with Gasteiger partial charge in [-0.3, -0.25) is 9.59 Å². The number of hydrogen-bond acceptors (Lipinski definition) is 15. The first-order valence-corrected chi connectivity index (χ1v) is 28.5. The lowest BCUT2D eigenvalue weighted by Gasteiger charge is -2.74. The number of nitrogens with zero attached hydrogens (tertiary/aromatic N) is 2. The van der Waals surface area contributed by atoms with E-state index in [4.69, 9.17) is 15.2 Å². The largest absolute Gasteiger partial charge is 0.481 e. The number of H-pyrrole nitrogens is 2. The standard InChI is InChI=1S/C57H89N7O12/c1-51(26-65)15-16-57(50(73)74)20-31(18-32-23-60-28-62-32)55(5)34(37(57)21-51)9-10-41-53(55,3)14-11-40-52(2,27-66)46(76-48-45(70)44(69)39(67)25-75-48)43(68)36(54(40,41)4)19-35-42(64-49(72)56(35)12-7-8-13-56)33(38-24-61-29-63-38)17-30(22-59-6)47(58)71/h9,23-24,28-31,33,35-37,39-48,59,65-71H,7-8,10-22,25-27,58H2,1-6H3,(H,60,62)(H,61,63)(H,64,72)(H,73,74)/t30-,31+,33-,35-,36+,37-,39+,40+,41-,42-,43+,44-,45+,46+,47-,48-,51-,52-,53+,54-,55+,57-/m0/s1. The topological polar surface area (TPSA) is 322 Å². The van der Waals surface area contributed by atoms with Crippen molar-refractivity contribution >= 4 is 11.9 Å². The predicted octanol–water partition coefficient (Wildman–Crippen LogP) is 3.11. The molecule has 14 N–H and O–H groups in total. The van der Waals surface area contributed by atoms with E-state index in [2.05, 4.69) is 64.3 Å². The summed E-state index contributed by atoms with van der Waals surface area (Å²) >= 11 is 0. The van der Waals surface area contributed by atoms with Crippen LogP contribution in [0.4, 0.5) is 0 Å². The lowest BCUT2D eigenvalue weighted by Crippen LogP contribution is -2.73.